The average molecular weight is 331 g/mol. The van der Waals surface area contributed by atoms with Crippen molar-refractivity contribution in [3.8, 4) is 11.8 Å². The molecule has 86 valence electrons. The topological polar surface area (TPSA) is 41.6 Å². The zero-order valence-electron chi connectivity index (χ0n) is 8.49. The second-order valence-electron chi connectivity index (χ2n) is 3.33. The van der Waals surface area contributed by atoms with Gasteiger partial charge in [0.15, 0.2) is 0 Å². The molecule has 0 N–H and O–H groups in total. The van der Waals surface area contributed by atoms with Gasteiger partial charge in [-0.1, -0.05) is 23.2 Å². The summed E-state index contributed by atoms with van der Waals surface area (Å²) in [4.78, 5) is 0. The summed E-state index contributed by atoms with van der Waals surface area (Å²) in [5, 5.41) is 14.0. The highest BCUT2D eigenvalue weighted by Crippen LogP contribution is 2.24. The summed E-state index contributed by atoms with van der Waals surface area (Å²) in [6, 6.07) is 7.21. The standard InChI is InChI=1S/C11H6BrCl2N3/c12-10-6-17(16-11(10)1-2-15)9-4-7(13)3-8(14)5-9/h3-6H,1H2. The lowest BCUT2D eigenvalue weighted by Crippen LogP contribution is -1.96. The van der Waals surface area contributed by atoms with Gasteiger partial charge in [0.25, 0.3) is 0 Å². The Labute approximate surface area is 117 Å². The largest absolute Gasteiger partial charge is 0.239 e. The van der Waals surface area contributed by atoms with Gasteiger partial charge in [-0.3, -0.25) is 0 Å². The highest BCUT2D eigenvalue weighted by Gasteiger charge is 2.08. The summed E-state index contributed by atoms with van der Waals surface area (Å²) in [5.74, 6) is 0. The maximum absolute atomic E-state index is 8.65. The first kappa shape index (κ1) is 12.4. The van der Waals surface area contributed by atoms with Gasteiger partial charge in [0, 0.05) is 16.2 Å². The highest BCUT2D eigenvalue weighted by atomic mass is 79.9. The van der Waals surface area contributed by atoms with E-state index in [9.17, 15) is 0 Å². The molecule has 0 bridgehead atoms. The summed E-state index contributed by atoms with van der Waals surface area (Å²) < 4.78 is 2.42. The van der Waals surface area contributed by atoms with Crippen LogP contribution in [0.3, 0.4) is 0 Å². The van der Waals surface area contributed by atoms with Crippen molar-refractivity contribution in [2.24, 2.45) is 0 Å². The zero-order chi connectivity index (χ0) is 12.4. The summed E-state index contributed by atoms with van der Waals surface area (Å²) in [6.45, 7) is 0. The van der Waals surface area contributed by atoms with Crippen LogP contribution in [-0.4, -0.2) is 9.78 Å². The van der Waals surface area contributed by atoms with E-state index in [1.807, 2.05) is 0 Å². The Kier molecular flexibility index (Phi) is 3.72. The molecule has 3 nitrogen and oxygen atoms in total. The Morgan fingerprint density at radius 2 is 1.94 bits per heavy atom. The molecule has 0 fully saturated rings. The van der Waals surface area contributed by atoms with Crippen LogP contribution in [0.4, 0.5) is 0 Å². The number of hydrogen-bond acceptors (Lipinski definition) is 2. The minimum Gasteiger partial charge on any atom is -0.239 e. The number of nitriles is 1. The molecule has 0 spiro atoms. The van der Waals surface area contributed by atoms with E-state index in [0.29, 0.717) is 15.7 Å². The quantitative estimate of drug-likeness (QED) is 0.834. The Morgan fingerprint density at radius 1 is 1.29 bits per heavy atom. The fourth-order valence-corrected chi connectivity index (χ4v) is 2.31. The first-order valence-electron chi connectivity index (χ1n) is 4.67. The van der Waals surface area contributed by atoms with E-state index in [1.54, 1.807) is 29.1 Å². The zero-order valence-corrected chi connectivity index (χ0v) is 11.6. The molecular formula is C11H6BrCl2N3. The highest BCUT2D eigenvalue weighted by molar-refractivity contribution is 9.10. The van der Waals surface area contributed by atoms with E-state index in [1.165, 1.54) is 0 Å². The van der Waals surface area contributed by atoms with Crippen LogP contribution in [-0.2, 0) is 6.42 Å². The normalized spacial score (nSPS) is 10.2. The van der Waals surface area contributed by atoms with E-state index in [0.717, 1.165) is 10.2 Å². The molecule has 1 aromatic heterocycles. The predicted octanol–water partition coefficient (Wildman–Crippen LogP) is 4.01. The van der Waals surface area contributed by atoms with Crippen molar-refractivity contribution >= 4 is 39.1 Å². The number of nitrogens with zero attached hydrogens (tertiary/aromatic N) is 3. The molecule has 1 aromatic carbocycles. The van der Waals surface area contributed by atoms with Crippen LogP contribution >= 0.6 is 39.1 Å². The van der Waals surface area contributed by atoms with E-state index in [2.05, 4.69) is 27.1 Å². The minimum atomic E-state index is 0.252. The smallest absolute Gasteiger partial charge is 0.0911 e. The molecule has 17 heavy (non-hydrogen) atoms. The van der Waals surface area contributed by atoms with Gasteiger partial charge < -0.3 is 0 Å². The summed E-state index contributed by atoms with van der Waals surface area (Å²) in [7, 11) is 0. The lowest BCUT2D eigenvalue weighted by atomic mass is 10.3. The van der Waals surface area contributed by atoms with Crippen molar-refractivity contribution in [1.29, 1.82) is 5.26 Å². The Bertz CT molecular complexity index is 581. The van der Waals surface area contributed by atoms with Gasteiger partial charge in [-0.2, -0.15) is 10.4 Å². The number of halogens is 3. The fourth-order valence-electron chi connectivity index (χ4n) is 1.39. The van der Waals surface area contributed by atoms with Crippen LogP contribution in [0.25, 0.3) is 5.69 Å². The SMILES string of the molecule is N#CCc1nn(-c2cc(Cl)cc(Cl)c2)cc1Br. The number of hydrogen-bond donors (Lipinski definition) is 0. The maximum atomic E-state index is 8.65. The molecule has 0 amide bonds. The van der Waals surface area contributed by atoms with Gasteiger partial charge >= 0.3 is 0 Å². The van der Waals surface area contributed by atoms with E-state index in [4.69, 9.17) is 28.5 Å². The number of rotatable bonds is 2. The predicted molar refractivity (Wildman–Crippen MR) is 70.6 cm³/mol. The molecule has 0 radical (unpaired) electrons. The molecule has 2 rings (SSSR count). The molecule has 2 aromatic rings. The van der Waals surface area contributed by atoms with E-state index < -0.39 is 0 Å². The van der Waals surface area contributed by atoms with Crippen molar-refractivity contribution in [1.82, 2.24) is 9.78 Å². The second kappa shape index (κ2) is 5.09. The van der Waals surface area contributed by atoms with Gasteiger partial charge in [-0.25, -0.2) is 4.68 Å². The molecule has 1 heterocycles. The van der Waals surface area contributed by atoms with Crippen molar-refractivity contribution in [2.45, 2.75) is 6.42 Å². The average Bonchev–Trinajstić information content (AvgIpc) is 2.60. The van der Waals surface area contributed by atoms with Gasteiger partial charge in [0.2, 0.25) is 0 Å². The van der Waals surface area contributed by atoms with Crippen molar-refractivity contribution in [3.63, 3.8) is 0 Å². The molecule has 0 unspecified atom stereocenters. The third-order valence-electron chi connectivity index (χ3n) is 2.10. The summed E-state index contributed by atoms with van der Waals surface area (Å²) in [5.41, 5.74) is 1.44. The van der Waals surface area contributed by atoms with Crippen molar-refractivity contribution in [3.05, 3.63) is 44.6 Å². The van der Waals surface area contributed by atoms with E-state index in [-0.39, 0.29) is 6.42 Å². The molecule has 0 saturated carbocycles. The molecule has 0 aliphatic carbocycles. The minimum absolute atomic E-state index is 0.252. The van der Waals surface area contributed by atoms with Crippen LogP contribution in [0.5, 0.6) is 0 Å². The third-order valence-corrected chi connectivity index (χ3v) is 3.20. The Hall–Kier alpha value is -1.02. The van der Waals surface area contributed by atoms with E-state index >= 15 is 0 Å². The Balaban J connectivity index is 2.46. The summed E-state index contributed by atoms with van der Waals surface area (Å²) >= 11 is 15.2. The maximum Gasteiger partial charge on any atom is 0.0911 e. The van der Waals surface area contributed by atoms with Crippen LogP contribution in [0.1, 0.15) is 5.69 Å². The molecule has 0 saturated heterocycles. The fraction of sp³-hybridized carbons (Fsp3) is 0.0909. The van der Waals surface area contributed by atoms with Gasteiger partial charge in [-0.15, -0.1) is 0 Å². The summed E-state index contributed by atoms with van der Waals surface area (Å²) in [6.07, 6.45) is 2.02. The molecule has 0 atom stereocenters. The van der Waals surface area contributed by atoms with Crippen molar-refractivity contribution < 1.29 is 0 Å². The lowest BCUT2D eigenvalue weighted by molar-refractivity contribution is 0.853. The third kappa shape index (κ3) is 2.81. The van der Waals surface area contributed by atoms with Crippen LogP contribution < -0.4 is 0 Å². The van der Waals surface area contributed by atoms with Crippen LogP contribution in [0, 0.1) is 11.3 Å². The van der Waals surface area contributed by atoms with Gasteiger partial charge in [-0.05, 0) is 34.1 Å². The van der Waals surface area contributed by atoms with Crippen LogP contribution in [0.2, 0.25) is 10.0 Å². The number of benzene rings is 1. The number of aromatic nitrogens is 2. The Morgan fingerprint density at radius 3 is 2.53 bits per heavy atom. The first-order valence-corrected chi connectivity index (χ1v) is 6.22. The molecule has 0 aliphatic heterocycles. The second-order valence-corrected chi connectivity index (χ2v) is 5.06. The van der Waals surface area contributed by atoms with Gasteiger partial charge in [0.1, 0.15) is 0 Å². The monoisotopic (exact) mass is 329 g/mol. The van der Waals surface area contributed by atoms with Gasteiger partial charge in [0.05, 0.1) is 28.3 Å². The first-order chi connectivity index (χ1) is 8.10. The van der Waals surface area contributed by atoms with Crippen molar-refractivity contribution in [2.75, 3.05) is 0 Å². The molecule has 0 aliphatic rings. The molecular weight excluding hydrogens is 325 g/mol. The lowest BCUT2D eigenvalue weighted by Gasteiger charge is -2.02. The molecule has 6 heteroatoms. The van der Waals surface area contributed by atoms with Crippen LogP contribution in [0.15, 0.2) is 28.9 Å².